The Labute approximate surface area is 176 Å². The first-order valence-electron chi connectivity index (χ1n) is 9.44. The molecule has 0 bridgehead atoms. The van der Waals surface area contributed by atoms with Crippen molar-refractivity contribution in [2.24, 2.45) is 0 Å². The molecule has 11 heteroatoms. The lowest BCUT2D eigenvalue weighted by molar-refractivity contribution is 0.0301. The highest BCUT2D eigenvalue weighted by Crippen LogP contribution is 2.34. The molecule has 4 heterocycles. The van der Waals surface area contributed by atoms with Gasteiger partial charge < -0.3 is 9.29 Å². The Kier molecular flexibility index (Phi) is 4.68. The maximum atomic E-state index is 15.4. The Hall–Kier alpha value is -3.36. The third-order valence-corrected chi connectivity index (χ3v) is 6.42. The summed E-state index contributed by atoms with van der Waals surface area (Å²) in [6.45, 7) is 1.91. The third kappa shape index (κ3) is 3.34. The van der Waals surface area contributed by atoms with E-state index in [0.29, 0.717) is 23.1 Å². The number of rotatable bonds is 5. The summed E-state index contributed by atoms with van der Waals surface area (Å²) in [5.41, 5.74) is 1.37. The Bertz CT molecular complexity index is 1380. The lowest BCUT2D eigenvalue weighted by atomic mass is 10.1. The molecule has 0 amide bonds. The molecule has 8 nitrogen and oxygen atoms in total. The van der Waals surface area contributed by atoms with Gasteiger partial charge >= 0.3 is 5.92 Å². The van der Waals surface area contributed by atoms with Crippen molar-refractivity contribution in [3.63, 3.8) is 0 Å². The molecular weight excluding hydrogens is 423 g/mol. The number of fused-ring (bicyclic) bond motifs is 2. The lowest BCUT2D eigenvalue weighted by Gasteiger charge is -2.15. The van der Waals surface area contributed by atoms with Crippen LogP contribution >= 0.6 is 8.15 Å². The van der Waals surface area contributed by atoms with Crippen LogP contribution in [0.1, 0.15) is 18.3 Å². The van der Waals surface area contributed by atoms with Crippen LogP contribution in [0.4, 0.5) is 8.78 Å². The van der Waals surface area contributed by atoms with Crippen LogP contribution in [0.5, 0.6) is 0 Å². The van der Waals surface area contributed by atoms with E-state index in [-0.39, 0.29) is 11.3 Å². The van der Waals surface area contributed by atoms with E-state index in [1.54, 1.807) is 30.5 Å². The fourth-order valence-corrected chi connectivity index (χ4v) is 4.10. The molecule has 0 fully saturated rings. The van der Waals surface area contributed by atoms with Gasteiger partial charge in [0.2, 0.25) is 5.82 Å². The minimum Gasteiger partial charge on any atom is -0.369 e. The molecule has 0 radical (unpaired) electrons. The Morgan fingerprint density at radius 1 is 1.06 bits per heavy atom. The van der Waals surface area contributed by atoms with E-state index >= 15 is 8.78 Å². The normalized spacial score (nSPS) is 13.2. The average molecular weight is 439 g/mol. The molecule has 0 saturated carbocycles. The fraction of sp³-hybridized carbons (Fsp3) is 0.150. The highest BCUT2D eigenvalue weighted by atomic mass is 31.1. The van der Waals surface area contributed by atoms with E-state index in [0.717, 1.165) is 9.82 Å². The van der Waals surface area contributed by atoms with Crippen molar-refractivity contribution < 1.29 is 13.7 Å². The largest absolute Gasteiger partial charge is 0.369 e. The maximum Gasteiger partial charge on any atom is 0.335 e. The van der Waals surface area contributed by atoms with Gasteiger partial charge in [-0.1, -0.05) is 31.2 Å². The van der Waals surface area contributed by atoms with Crippen molar-refractivity contribution in [2.45, 2.75) is 12.8 Å². The molecule has 4 aromatic heterocycles. The molecule has 0 aliphatic carbocycles. The molecule has 1 atom stereocenters. The van der Waals surface area contributed by atoms with E-state index in [1.165, 1.54) is 35.1 Å². The summed E-state index contributed by atoms with van der Waals surface area (Å²) in [5, 5.41) is 12.6. The van der Waals surface area contributed by atoms with Crippen molar-refractivity contribution >= 4 is 24.9 Å². The number of halogens is 2. The first-order valence-corrected chi connectivity index (χ1v) is 10.9. The van der Waals surface area contributed by atoms with Gasteiger partial charge in [-0.05, 0) is 18.3 Å². The highest BCUT2D eigenvalue weighted by molar-refractivity contribution is 7.59. The number of nitrogens with zero attached hydrogens (tertiary/aromatic N) is 7. The van der Waals surface area contributed by atoms with Gasteiger partial charge in [0.05, 0.1) is 14.3 Å². The van der Waals surface area contributed by atoms with Gasteiger partial charge in [0, 0.05) is 35.0 Å². The maximum absolute atomic E-state index is 15.4. The molecule has 156 valence electrons. The van der Waals surface area contributed by atoms with E-state index < -0.39 is 19.9 Å². The van der Waals surface area contributed by atoms with Crippen molar-refractivity contribution in [1.82, 2.24) is 34.2 Å². The minimum absolute atomic E-state index is 0.0244. The Balaban J connectivity index is 1.57. The van der Waals surface area contributed by atoms with Gasteiger partial charge in [0.15, 0.2) is 0 Å². The predicted octanol–water partition coefficient (Wildman–Crippen LogP) is 3.01. The molecule has 5 rings (SSSR count). The zero-order valence-electron chi connectivity index (χ0n) is 16.3. The van der Waals surface area contributed by atoms with Crippen LogP contribution in [0, 0.1) is 0 Å². The smallest absolute Gasteiger partial charge is 0.335 e. The summed E-state index contributed by atoms with van der Waals surface area (Å²) in [7, 11) is -1.20. The molecule has 5 aromatic rings. The van der Waals surface area contributed by atoms with E-state index in [1.807, 2.05) is 6.92 Å². The quantitative estimate of drug-likeness (QED) is 0.423. The van der Waals surface area contributed by atoms with Crippen LogP contribution in [0.15, 0.2) is 61.2 Å². The van der Waals surface area contributed by atoms with Gasteiger partial charge in [0.1, 0.15) is 11.3 Å². The zero-order valence-corrected chi connectivity index (χ0v) is 17.2. The summed E-state index contributed by atoms with van der Waals surface area (Å²) in [6.07, 6.45) is 6.55. The van der Waals surface area contributed by atoms with Crippen LogP contribution in [-0.2, 0) is 5.92 Å². The van der Waals surface area contributed by atoms with Crippen LogP contribution in [-0.4, -0.2) is 45.2 Å². The molecule has 1 unspecified atom stereocenters. The molecular formula is C20H16F2N7OP. The Morgan fingerprint density at radius 2 is 1.87 bits per heavy atom. The van der Waals surface area contributed by atoms with Gasteiger partial charge in [-0.15, -0.1) is 10.2 Å². The first-order chi connectivity index (χ1) is 15.0. The van der Waals surface area contributed by atoms with Crippen molar-refractivity contribution in [1.29, 1.82) is 0 Å². The number of pyridine rings is 1. The zero-order chi connectivity index (χ0) is 21.6. The van der Waals surface area contributed by atoms with Crippen molar-refractivity contribution in [3.05, 3.63) is 72.6 Å². The molecule has 0 saturated heterocycles. The van der Waals surface area contributed by atoms with Crippen molar-refractivity contribution in [2.75, 3.05) is 6.16 Å². The molecule has 1 N–H and O–H groups in total. The summed E-state index contributed by atoms with van der Waals surface area (Å²) in [5.74, 6) is -4.11. The van der Waals surface area contributed by atoms with Crippen LogP contribution < -0.4 is 5.30 Å². The lowest BCUT2D eigenvalue weighted by Crippen LogP contribution is -2.21. The van der Waals surface area contributed by atoms with Gasteiger partial charge in [-0.25, -0.2) is 9.97 Å². The summed E-state index contributed by atoms with van der Waals surface area (Å²) < 4.78 is 33.2. The fourth-order valence-electron chi connectivity index (χ4n) is 3.25. The predicted molar refractivity (Wildman–Crippen MR) is 112 cm³/mol. The molecule has 0 aliphatic rings. The number of hydrogen-bond acceptors (Lipinski definition) is 6. The minimum atomic E-state index is -3.46. The van der Waals surface area contributed by atoms with E-state index in [9.17, 15) is 4.89 Å². The monoisotopic (exact) mass is 439 g/mol. The van der Waals surface area contributed by atoms with Crippen LogP contribution in [0.3, 0.4) is 0 Å². The van der Waals surface area contributed by atoms with E-state index in [4.69, 9.17) is 0 Å². The molecule has 0 aliphatic heterocycles. The second-order valence-corrected chi connectivity index (χ2v) is 8.77. The molecule has 0 spiro atoms. The second-order valence-electron chi connectivity index (χ2n) is 6.83. The number of aromatic nitrogens is 7. The Morgan fingerprint density at radius 3 is 2.65 bits per heavy atom. The summed E-state index contributed by atoms with van der Waals surface area (Å²) >= 11 is 0. The first kappa shape index (κ1) is 19.6. The third-order valence-electron chi connectivity index (χ3n) is 4.93. The number of imidazole rings is 1. The number of hydrogen-bond donors (Lipinski definition) is 1. The van der Waals surface area contributed by atoms with Crippen molar-refractivity contribution in [3.8, 4) is 11.3 Å². The highest BCUT2D eigenvalue weighted by Gasteiger charge is 2.40. The van der Waals surface area contributed by atoms with Gasteiger partial charge in [0.25, 0.3) is 5.78 Å². The molecule has 31 heavy (non-hydrogen) atoms. The van der Waals surface area contributed by atoms with Crippen LogP contribution in [0.25, 0.3) is 22.7 Å². The van der Waals surface area contributed by atoms with E-state index in [2.05, 4.69) is 25.3 Å². The average Bonchev–Trinajstić information content (AvgIpc) is 3.44. The number of benzene rings is 1. The summed E-state index contributed by atoms with van der Waals surface area (Å²) in [4.78, 5) is 18.2. The van der Waals surface area contributed by atoms with Gasteiger partial charge in [-0.2, -0.15) is 18.4 Å². The second kappa shape index (κ2) is 7.40. The SMILES string of the molecule is CCP(O)c1ccc(-c2cnc3nnc(C(F)(F)c4ccc5nccn5c4)n3n2)cc1. The molecule has 1 aromatic carbocycles. The number of alkyl halides is 2. The summed E-state index contributed by atoms with van der Waals surface area (Å²) in [6, 6.07) is 9.98. The van der Waals surface area contributed by atoms with Gasteiger partial charge in [-0.3, -0.25) is 0 Å². The topological polar surface area (TPSA) is 93.5 Å². The van der Waals surface area contributed by atoms with Crippen LogP contribution in [0.2, 0.25) is 0 Å². The standard InChI is InChI=1S/C20H16F2N7OP/c1-2-31(30)15-6-3-13(4-7-15)16-11-24-19-26-25-18(29(19)27-16)20(21,22)14-5-8-17-23-9-10-28(17)12-14/h3-12,30H,2H2,1H3.